The number of hydrogen-bond donors (Lipinski definition) is 0. The van der Waals surface area contributed by atoms with Crippen molar-refractivity contribution >= 4 is 49.8 Å². The van der Waals surface area contributed by atoms with E-state index in [-0.39, 0.29) is 5.33 Å². The fraction of sp³-hybridized carbons (Fsp3) is 0.700. The van der Waals surface area contributed by atoms with Crippen LogP contribution in [0.5, 0.6) is 0 Å². The number of carbonyl (C=O) groups is 3. The fourth-order valence-electron chi connectivity index (χ4n) is 1.57. The summed E-state index contributed by atoms with van der Waals surface area (Å²) in [6.07, 6.45) is -2.36. The topological polar surface area (TPSA) is 78.9 Å². The Labute approximate surface area is 121 Å². The first-order valence-electron chi connectivity index (χ1n) is 5.11. The lowest BCUT2D eigenvalue weighted by molar-refractivity contribution is -0.165. The second kappa shape index (κ2) is 6.51. The van der Waals surface area contributed by atoms with E-state index in [0.717, 1.165) is 0 Å². The van der Waals surface area contributed by atoms with Gasteiger partial charge < -0.3 is 14.2 Å². The van der Waals surface area contributed by atoms with Crippen molar-refractivity contribution in [3.8, 4) is 0 Å². The molecule has 1 heterocycles. The van der Waals surface area contributed by atoms with E-state index in [1.807, 2.05) is 0 Å². The van der Waals surface area contributed by atoms with Gasteiger partial charge >= 0.3 is 17.9 Å². The number of esters is 3. The van der Waals surface area contributed by atoms with Crippen LogP contribution in [0, 0.1) is 0 Å². The molecule has 0 N–H and O–H groups in total. The van der Waals surface area contributed by atoms with Gasteiger partial charge in [-0.2, -0.15) is 0 Å². The lowest BCUT2D eigenvalue weighted by Crippen LogP contribution is -2.43. The predicted octanol–water partition coefficient (Wildman–Crippen LogP) is 0.934. The first kappa shape index (κ1) is 15.4. The average Bonchev–Trinajstić information content (AvgIpc) is 2.53. The number of carbonyl (C=O) groups excluding carboxylic acids is 3. The number of hydrogen-bond acceptors (Lipinski definition) is 6. The molecule has 6 nitrogen and oxygen atoms in total. The van der Waals surface area contributed by atoms with Crippen molar-refractivity contribution in [2.24, 2.45) is 0 Å². The van der Waals surface area contributed by atoms with Crippen LogP contribution in [0.25, 0.3) is 0 Å². The normalized spacial score (nSPS) is 28.4. The van der Waals surface area contributed by atoms with Crippen LogP contribution in [0.15, 0.2) is 0 Å². The highest BCUT2D eigenvalue weighted by Gasteiger charge is 2.50. The van der Waals surface area contributed by atoms with Gasteiger partial charge in [0.1, 0.15) is 0 Å². The molecule has 0 radical (unpaired) electrons. The molecule has 1 saturated heterocycles. The Morgan fingerprint density at radius 3 is 2.44 bits per heavy atom. The lowest BCUT2D eigenvalue weighted by atomic mass is 10.1. The summed E-state index contributed by atoms with van der Waals surface area (Å²) in [5, 5.41) is 0.266. The third-order valence-electron chi connectivity index (χ3n) is 2.23. The molecule has 0 spiro atoms. The van der Waals surface area contributed by atoms with Crippen LogP contribution in [0.2, 0.25) is 0 Å². The molecule has 1 aliphatic rings. The zero-order valence-electron chi connectivity index (χ0n) is 9.72. The Balaban J connectivity index is 2.85. The van der Waals surface area contributed by atoms with E-state index in [0.29, 0.717) is 0 Å². The lowest BCUT2D eigenvalue weighted by Gasteiger charge is -2.25. The highest BCUT2D eigenvalue weighted by molar-refractivity contribution is 9.10. The van der Waals surface area contributed by atoms with E-state index < -0.39 is 41.0 Å². The Morgan fingerprint density at radius 1 is 1.39 bits per heavy atom. The van der Waals surface area contributed by atoms with E-state index in [1.54, 1.807) is 0 Å². The van der Waals surface area contributed by atoms with Gasteiger partial charge in [0.15, 0.2) is 23.1 Å². The summed E-state index contributed by atoms with van der Waals surface area (Å²) in [7, 11) is 0. The molecule has 1 rings (SSSR count). The van der Waals surface area contributed by atoms with E-state index in [9.17, 15) is 14.4 Å². The molecule has 4 atom stereocenters. The fourth-order valence-corrected chi connectivity index (χ4v) is 2.59. The quantitative estimate of drug-likeness (QED) is 0.405. The zero-order valence-corrected chi connectivity index (χ0v) is 12.9. The van der Waals surface area contributed by atoms with Gasteiger partial charge in [0.2, 0.25) is 0 Å². The van der Waals surface area contributed by atoms with Crippen molar-refractivity contribution in [1.29, 1.82) is 0 Å². The minimum absolute atomic E-state index is 0.266. The van der Waals surface area contributed by atoms with Crippen LogP contribution in [0.3, 0.4) is 0 Å². The van der Waals surface area contributed by atoms with Crippen molar-refractivity contribution in [3.05, 3.63) is 0 Å². The summed E-state index contributed by atoms with van der Waals surface area (Å²) in [6, 6.07) is 0. The molecule has 0 amide bonds. The van der Waals surface area contributed by atoms with Crippen LogP contribution in [-0.2, 0) is 28.6 Å². The molecular formula is C10H12Br2O6. The molecule has 18 heavy (non-hydrogen) atoms. The summed E-state index contributed by atoms with van der Waals surface area (Å²) in [5.74, 6) is -1.59. The molecule has 1 unspecified atom stereocenters. The number of rotatable bonds is 4. The van der Waals surface area contributed by atoms with Crippen molar-refractivity contribution in [1.82, 2.24) is 0 Å². The van der Waals surface area contributed by atoms with Gasteiger partial charge in [-0.15, -0.1) is 0 Å². The van der Waals surface area contributed by atoms with Crippen molar-refractivity contribution in [2.75, 3.05) is 5.33 Å². The number of cyclic esters (lactones) is 1. The van der Waals surface area contributed by atoms with Crippen molar-refractivity contribution < 1.29 is 28.6 Å². The first-order chi connectivity index (χ1) is 8.36. The average molecular weight is 388 g/mol. The van der Waals surface area contributed by atoms with Crippen LogP contribution in [0.1, 0.15) is 13.8 Å². The summed E-state index contributed by atoms with van der Waals surface area (Å²) in [5.41, 5.74) is 0. The molecular weight excluding hydrogens is 376 g/mol. The summed E-state index contributed by atoms with van der Waals surface area (Å²) in [4.78, 5) is 32.7. The van der Waals surface area contributed by atoms with Gasteiger partial charge in [-0.3, -0.25) is 14.4 Å². The molecule has 1 fully saturated rings. The minimum atomic E-state index is -0.825. The maximum Gasteiger partial charge on any atom is 0.324 e. The van der Waals surface area contributed by atoms with Crippen LogP contribution in [-0.4, -0.2) is 46.4 Å². The van der Waals surface area contributed by atoms with E-state index in [4.69, 9.17) is 14.2 Å². The smallest absolute Gasteiger partial charge is 0.324 e. The van der Waals surface area contributed by atoms with Gasteiger partial charge in [0.25, 0.3) is 0 Å². The first-order valence-corrected chi connectivity index (χ1v) is 7.15. The molecule has 1 aliphatic heterocycles. The van der Waals surface area contributed by atoms with E-state index in [1.165, 1.54) is 13.8 Å². The Bertz CT molecular complexity index is 358. The Hall–Kier alpha value is -0.630. The molecule has 8 heteroatoms. The van der Waals surface area contributed by atoms with Crippen LogP contribution >= 0.6 is 31.9 Å². The van der Waals surface area contributed by atoms with Gasteiger partial charge in [-0.1, -0.05) is 31.9 Å². The standard InChI is InChI=1S/C10H12Br2O6/c1-4(13)16-6(3-11)8-9(17-5(2)14)7(12)10(15)18-8/h6-9H,3H2,1-2H3/t6-,7?,8-,9-/m0/s1. The molecule has 0 saturated carbocycles. The summed E-state index contributed by atoms with van der Waals surface area (Å²) >= 11 is 6.26. The number of alkyl halides is 2. The van der Waals surface area contributed by atoms with Gasteiger partial charge in [-0.05, 0) is 0 Å². The predicted molar refractivity (Wildman–Crippen MR) is 67.5 cm³/mol. The van der Waals surface area contributed by atoms with Gasteiger partial charge in [0.05, 0.1) is 0 Å². The van der Waals surface area contributed by atoms with Crippen LogP contribution in [0.4, 0.5) is 0 Å². The van der Waals surface area contributed by atoms with Gasteiger partial charge in [0, 0.05) is 19.2 Å². The van der Waals surface area contributed by atoms with E-state index in [2.05, 4.69) is 31.9 Å². The third kappa shape index (κ3) is 3.68. The molecule has 0 aromatic rings. The Kier molecular flexibility index (Phi) is 5.58. The molecule has 0 aromatic carbocycles. The van der Waals surface area contributed by atoms with Crippen LogP contribution < -0.4 is 0 Å². The largest absolute Gasteiger partial charge is 0.458 e. The minimum Gasteiger partial charge on any atom is -0.458 e. The van der Waals surface area contributed by atoms with Crippen molar-refractivity contribution in [3.63, 3.8) is 0 Å². The molecule has 0 bridgehead atoms. The Morgan fingerprint density at radius 2 is 2.00 bits per heavy atom. The second-order valence-electron chi connectivity index (χ2n) is 3.68. The number of halogens is 2. The third-order valence-corrected chi connectivity index (χ3v) is 3.76. The van der Waals surface area contributed by atoms with Gasteiger partial charge in [-0.25, -0.2) is 0 Å². The molecule has 0 aromatic heterocycles. The van der Waals surface area contributed by atoms with E-state index >= 15 is 0 Å². The molecule has 0 aliphatic carbocycles. The molecule has 102 valence electrons. The summed E-state index contributed by atoms with van der Waals surface area (Å²) < 4.78 is 15.1. The summed E-state index contributed by atoms with van der Waals surface area (Å²) in [6.45, 7) is 2.48. The highest BCUT2D eigenvalue weighted by atomic mass is 79.9. The maximum absolute atomic E-state index is 11.5. The zero-order chi connectivity index (χ0) is 13.9. The second-order valence-corrected chi connectivity index (χ2v) is 5.31. The maximum atomic E-state index is 11.5. The SMILES string of the molecule is CC(=O)O[C@@H](CBr)[C@@H]1OC(=O)C(Br)[C@@H]1OC(C)=O. The highest BCUT2D eigenvalue weighted by Crippen LogP contribution is 2.29. The number of ether oxygens (including phenoxy) is 3. The van der Waals surface area contributed by atoms with Crippen molar-refractivity contribution in [2.45, 2.75) is 37.0 Å². The monoisotopic (exact) mass is 386 g/mol.